The summed E-state index contributed by atoms with van der Waals surface area (Å²) in [5.74, 6) is 0. The van der Waals surface area contributed by atoms with Crippen molar-refractivity contribution in [3.05, 3.63) is 35.4 Å². The Hall–Kier alpha value is -0.860. The minimum atomic E-state index is 0.748. The van der Waals surface area contributed by atoms with Crippen LogP contribution in [0.25, 0.3) is 0 Å². The third kappa shape index (κ3) is 5.85. The second-order valence-electron chi connectivity index (χ2n) is 4.32. The molecule has 1 aromatic carbocycles. The van der Waals surface area contributed by atoms with Gasteiger partial charge in [0.15, 0.2) is 0 Å². The van der Waals surface area contributed by atoms with Gasteiger partial charge in [0.05, 0.1) is 6.61 Å². The maximum Gasteiger partial charge on any atom is 0.0719 e. The summed E-state index contributed by atoms with van der Waals surface area (Å²) in [7, 11) is 0. The Bertz CT molecular complexity index is 299. The Kier molecular flexibility index (Phi) is 7.69. The smallest absolute Gasteiger partial charge is 0.0719 e. The molecule has 17 heavy (non-hydrogen) atoms. The molecular formula is C15H25NO. The molecule has 1 N–H and O–H groups in total. The number of ether oxygens (including phenoxy) is 1. The summed E-state index contributed by atoms with van der Waals surface area (Å²) < 4.78 is 5.62. The average Bonchev–Trinajstić information content (AvgIpc) is 2.36. The van der Waals surface area contributed by atoms with E-state index in [0.717, 1.165) is 39.1 Å². The molecule has 0 saturated heterocycles. The standard InChI is InChI=1S/C15H25NO/c1-3-10-16-11-9-14-7-5-6-8-15(14)13-17-12-4-2/h5-8,16H,3-4,9-13H2,1-2H3. The number of hydrogen-bond donors (Lipinski definition) is 1. The molecule has 1 rings (SSSR count). The summed E-state index contributed by atoms with van der Waals surface area (Å²) in [4.78, 5) is 0. The minimum Gasteiger partial charge on any atom is -0.377 e. The molecule has 0 fully saturated rings. The van der Waals surface area contributed by atoms with Crippen LogP contribution in [0.3, 0.4) is 0 Å². The van der Waals surface area contributed by atoms with E-state index < -0.39 is 0 Å². The highest BCUT2D eigenvalue weighted by Gasteiger charge is 2.01. The van der Waals surface area contributed by atoms with Crippen LogP contribution >= 0.6 is 0 Å². The van der Waals surface area contributed by atoms with Gasteiger partial charge in [0, 0.05) is 6.61 Å². The maximum atomic E-state index is 5.62. The first kappa shape index (κ1) is 14.2. The van der Waals surface area contributed by atoms with Crippen LogP contribution in [-0.2, 0) is 17.8 Å². The normalized spacial score (nSPS) is 10.7. The van der Waals surface area contributed by atoms with Gasteiger partial charge in [0.25, 0.3) is 0 Å². The Morgan fingerprint density at radius 2 is 1.76 bits per heavy atom. The van der Waals surface area contributed by atoms with E-state index in [1.807, 2.05) is 0 Å². The fraction of sp³-hybridized carbons (Fsp3) is 0.600. The van der Waals surface area contributed by atoms with Gasteiger partial charge in [0.1, 0.15) is 0 Å². The van der Waals surface area contributed by atoms with Crippen molar-refractivity contribution in [2.24, 2.45) is 0 Å². The highest BCUT2D eigenvalue weighted by Crippen LogP contribution is 2.10. The van der Waals surface area contributed by atoms with Crippen LogP contribution in [0.2, 0.25) is 0 Å². The molecule has 0 aliphatic heterocycles. The SMILES string of the molecule is CCCNCCc1ccccc1COCCC. The molecule has 0 unspecified atom stereocenters. The third-order valence-corrected chi connectivity index (χ3v) is 2.72. The van der Waals surface area contributed by atoms with Crippen molar-refractivity contribution < 1.29 is 4.74 Å². The Morgan fingerprint density at radius 1 is 1.00 bits per heavy atom. The highest BCUT2D eigenvalue weighted by molar-refractivity contribution is 5.26. The maximum absolute atomic E-state index is 5.62. The van der Waals surface area contributed by atoms with E-state index in [0.29, 0.717) is 0 Å². The van der Waals surface area contributed by atoms with Crippen molar-refractivity contribution >= 4 is 0 Å². The van der Waals surface area contributed by atoms with E-state index >= 15 is 0 Å². The second kappa shape index (κ2) is 9.20. The lowest BCUT2D eigenvalue weighted by Crippen LogP contribution is -2.18. The van der Waals surface area contributed by atoms with Crippen molar-refractivity contribution in [3.8, 4) is 0 Å². The van der Waals surface area contributed by atoms with E-state index in [1.54, 1.807) is 0 Å². The zero-order valence-electron chi connectivity index (χ0n) is 11.2. The van der Waals surface area contributed by atoms with Crippen molar-refractivity contribution in [1.82, 2.24) is 5.32 Å². The zero-order chi connectivity index (χ0) is 12.3. The molecule has 1 aromatic rings. The summed E-state index contributed by atoms with van der Waals surface area (Å²) in [5.41, 5.74) is 2.74. The molecule has 0 atom stereocenters. The molecule has 0 bridgehead atoms. The summed E-state index contributed by atoms with van der Waals surface area (Å²) in [6.45, 7) is 8.09. The lowest BCUT2D eigenvalue weighted by atomic mass is 10.1. The average molecular weight is 235 g/mol. The first-order valence-corrected chi connectivity index (χ1v) is 6.73. The lowest BCUT2D eigenvalue weighted by molar-refractivity contribution is 0.121. The van der Waals surface area contributed by atoms with Crippen molar-refractivity contribution in [1.29, 1.82) is 0 Å². The Balaban J connectivity index is 2.40. The van der Waals surface area contributed by atoms with Crippen LogP contribution in [0.1, 0.15) is 37.8 Å². The first-order chi connectivity index (χ1) is 8.38. The molecule has 0 spiro atoms. The summed E-state index contributed by atoms with van der Waals surface area (Å²) in [5, 5.41) is 3.44. The van der Waals surface area contributed by atoms with Crippen molar-refractivity contribution in [3.63, 3.8) is 0 Å². The van der Waals surface area contributed by atoms with Crippen LogP contribution in [0.5, 0.6) is 0 Å². The van der Waals surface area contributed by atoms with Crippen molar-refractivity contribution in [2.45, 2.75) is 39.7 Å². The summed E-state index contributed by atoms with van der Waals surface area (Å²) in [6.07, 6.45) is 3.37. The number of benzene rings is 1. The number of hydrogen-bond acceptors (Lipinski definition) is 2. The van der Waals surface area contributed by atoms with Gasteiger partial charge in [-0.15, -0.1) is 0 Å². The lowest BCUT2D eigenvalue weighted by Gasteiger charge is -2.10. The molecule has 0 aliphatic rings. The molecule has 2 nitrogen and oxygen atoms in total. The topological polar surface area (TPSA) is 21.3 Å². The van der Waals surface area contributed by atoms with Crippen LogP contribution < -0.4 is 5.32 Å². The predicted octanol–water partition coefficient (Wildman–Crippen LogP) is 3.16. The molecular weight excluding hydrogens is 210 g/mol. The number of nitrogens with one attached hydrogen (secondary N) is 1. The molecule has 0 amide bonds. The highest BCUT2D eigenvalue weighted by atomic mass is 16.5. The monoisotopic (exact) mass is 235 g/mol. The largest absolute Gasteiger partial charge is 0.377 e. The van der Waals surface area contributed by atoms with Gasteiger partial charge in [-0.2, -0.15) is 0 Å². The van der Waals surface area contributed by atoms with Crippen LogP contribution in [-0.4, -0.2) is 19.7 Å². The van der Waals surface area contributed by atoms with Gasteiger partial charge in [-0.25, -0.2) is 0 Å². The summed E-state index contributed by atoms with van der Waals surface area (Å²) >= 11 is 0. The fourth-order valence-electron chi connectivity index (χ4n) is 1.79. The molecule has 0 heterocycles. The Labute approximate surface area is 105 Å². The quantitative estimate of drug-likeness (QED) is 0.664. The summed E-state index contributed by atoms with van der Waals surface area (Å²) in [6, 6.07) is 8.58. The second-order valence-corrected chi connectivity index (χ2v) is 4.32. The molecule has 2 heteroatoms. The van der Waals surface area contributed by atoms with Gasteiger partial charge in [0.2, 0.25) is 0 Å². The fourth-order valence-corrected chi connectivity index (χ4v) is 1.79. The van der Waals surface area contributed by atoms with Gasteiger partial charge in [-0.3, -0.25) is 0 Å². The first-order valence-electron chi connectivity index (χ1n) is 6.73. The van der Waals surface area contributed by atoms with E-state index in [4.69, 9.17) is 4.74 Å². The Morgan fingerprint density at radius 3 is 2.47 bits per heavy atom. The molecule has 0 saturated carbocycles. The third-order valence-electron chi connectivity index (χ3n) is 2.72. The van der Waals surface area contributed by atoms with Gasteiger partial charge in [-0.1, -0.05) is 38.1 Å². The number of rotatable bonds is 9. The minimum absolute atomic E-state index is 0.748. The molecule has 0 aliphatic carbocycles. The van der Waals surface area contributed by atoms with Gasteiger partial charge in [-0.05, 0) is 43.5 Å². The van der Waals surface area contributed by atoms with E-state index in [1.165, 1.54) is 17.5 Å². The van der Waals surface area contributed by atoms with Gasteiger partial charge < -0.3 is 10.1 Å². The van der Waals surface area contributed by atoms with Gasteiger partial charge >= 0.3 is 0 Å². The van der Waals surface area contributed by atoms with Crippen LogP contribution in [0.15, 0.2) is 24.3 Å². The van der Waals surface area contributed by atoms with Crippen LogP contribution in [0.4, 0.5) is 0 Å². The molecule has 96 valence electrons. The van der Waals surface area contributed by atoms with E-state index in [-0.39, 0.29) is 0 Å². The van der Waals surface area contributed by atoms with E-state index in [9.17, 15) is 0 Å². The van der Waals surface area contributed by atoms with E-state index in [2.05, 4.69) is 43.4 Å². The molecule has 0 radical (unpaired) electrons. The molecule has 0 aromatic heterocycles. The van der Waals surface area contributed by atoms with Crippen LogP contribution in [0, 0.1) is 0 Å². The predicted molar refractivity (Wildman–Crippen MR) is 73.3 cm³/mol. The van der Waals surface area contributed by atoms with Crippen molar-refractivity contribution in [2.75, 3.05) is 19.7 Å². The zero-order valence-corrected chi connectivity index (χ0v) is 11.2.